The number of halogens is 1. The Balaban J connectivity index is 2.02. The van der Waals surface area contributed by atoms with E-state index in [0.29, 0.717) is 11.4 Å². The average molecular weight is 391 g/mol. The predicted octanol–water partition coefficient (Wildman–Crippen LogP) is 4.44. The summed E-state index contributed by atoms with van der Waals surface area (Å²) in [6, 6.07) is 13.5. The Hall–Kier alpha value is -1.85. The third-order valence-electron chi connectivity index (χ3n) is 3.88. The summed E-state index contributed by atoms with van der Waals surface area (Å²) >= 11 is 3.43. The van der Waals surface area contributed by atoms with Crippen molar-refractivity contribution >= 4 is 27.5 Å². The molecule has 0 aliphatic rings. The number of hydrogen-bond acceptors (Lipinski definition) is 3. The Kier molecular flexibility index (Phi) is 6.40. The van der Waals surface area contributed by atoms with Gasteiger partial charge in [-0.1, -0.05) is 34.1 Å². The molecule has 24 heavy (non-hydrogen) atoms. The van der Waals surface area contributed by atoms with Gasteiger partial charge in [0.25, 0.3) is 0 Å². The fourth-order valence-electron chi connectivity index (χ4n) is 2.46. The first-order valence-electron chi connectivity index (χ1n) is 7.87. The van der Waals surface area contributed by atoms with Crippen LogP contribution < -0.4 is 15.4 Å². The normalized spacial score (nSPS) is 13.2. The van der Waals surface area contributed by atoms with E-state index in [1.165, 1.54) is 0 Å². The minimum Gasteiger partial charge on any atom is -0.495 e. The Labute approximate surface area is 151 Å². The number of carbonyl (C=O) groups excluding carboxylic acids is 1. The summed E-state index contributed by atoms with van der Waals surface area (Å²) < 4.78 is 6.34. The summed E-state index contributed by atoms with van der Waals surface area (Å²) in [6.45, 7) is 5.87. The third-order valence-corrected chi connectivity index (χ3v) is 4.40. The van der Waals surface area contributed by atoms with Gasteiger partial charge in [-0.3, -0.25) is 10.1 Å². The molecule has 0 fully saturated rings. The molecule has 128 valence electrons. The van der Waals surface area contributed by atoms with Gasteiger partial charge >= 0.3 is 0 Å². The van der Waals surface area contributed by atoms with Crippen molar-refractivity contribution in [2.75, 3.05) is 12.4 Å². The molecular weight excluding hydrogens is 368 g/mol. The number of rotatable bonds is 6. The number of amides is 1. The number of anilines is 1. The van der Waals surface area contributed by atoms with Gasteiger partial charge in [0.05, 0.1) is 18.8 Å². The SMILES string of the molecule is COc1ccc(C)cc1NC(=O)[C@H](C)N[C@@H](C)c1ccc(Br)cc1. The second kappa shape index (κ2) is 8.31. The molecule has 2 rings (SSSR count). The second-order valence-corrected chi connectivity index (χ2v) is 6.77. The van der Waals surface area contributed by atoms with Crippen LogP contribution in [-0.2, 0) is 4.79 Å². The van der Waals surface area contributed by atoms with Crippen LogP contribution in [-0.4, -0.2) is 19.1 Å². The van der Waals surface area contributed by atoms with Crippen molar-refractivity contribution in [1.29, 1.82) is 0 Å². The van der Waals surface area contributed by atoms with E-state index in [4.69, 9.17) is 4.74 Å². The van der Waals surface area contributed by atoms with E-state index < -0.39 is 0 Å². The molecule has 0 saturated heterocycles. The van der Waals surface area contributed by atoms with Crippen LogP contribution >= 0.6 is 15.9 Å². The van der Waals surface area contributed by atoms with Gasteiger partial charge < -0.3 is 10.1 Å². The summed E-state index contributed by atoms with van der Waals surface area (Å²) in [5, 5.41) is 6.25. The summed E-state index contributed by atoms with van der Waals surface area (Å²) in [5.41, 5.74) is 2.88. The summed E-state index contributed by atoms with van der Waals surface area (Å²) in [7, 11) is 1.59. The van der Waals surface area contributed by atoms with Gasteiger partial charge in [0.2, 0.25) is 5.91 Å². The zero-order chi connectivity index (χ0) is 17.7. The maximum Gasteiger partial charge on any atom is 0.241 e. The highest BCUT2D eigenvalue weighted by Gasteiger charge is 2.17. The lowest BCUT2D eigenvalue weighted by molar-refractivity contribution is -0.117. The maximum atomic E-state index is 12.5. The quantitative estimate of drug-likeness (QED) is 0.765. The fraction of sp³-hybridized carbons (Fsp3) is 0.316. The summed E-state index contributed by atoms with van der Waals surface area (Å²) in [5.74, 6) is 0.560. The zero-order valence-electron chi connectivity index (χ0n) is 14.4. The molecule has 0 bridgehead atoms. The van der Waals surface area contributed by atoms with E-state index in [1.54, 1.807) is 7.11 Å². The molecule has 0 aliphatic carbocycles. The molecule has 1 amide bonds. The lowest BCUT2D eigenvalue weighted by Crippen LogP contribution is -2.39. The molecule has 5 heteroatoms. The van der Waals surface area contributed by atoms with E-state index in [-0.39, 0.29) is 18.0 Å². The van der Waals surface area contributed by atoms with Gasteiger partial charge in [0.15, 0.2) is 0 Å². The van der Waals surface area contributed by atoms with E-state index in [9.17, 15) is 4.79 Å². The standard InChI is InChI=1S/C19H23BrN2O2/c1-12-5-10-18(24-4)17(11-12)22-19(23)14(3)21-13(2)15-6-8-16(20)9-7-15/h5-11,13-14,21H,1-4H3,(H,22,23)/t13-,14-/m0/s1. The van der Waals surface area contributed by atoms with Crippen LogP contribution in [0, 0.1) is 6.92 Å². The van der Waals surface area contributed by atoms with Crippen LogP contribution in [0.1, 0.15) is 31.0 Å². The number of benzene rings is 2. The third kappa shape index (κ3) is 4.82. The highest BCUT2D eigenvalue weighted by Crippen LogP contribution is 2.25. The number of methoxy groups -OCH3 is 1. The molecule has 4 nitrogen and oxygen atoms in total. The molecule has 0 aromatic heterocycles. The smallest absolute Gasteiger partial charge is 0.241 e. The Bertz CT molecular complexity index is 701. The average Bonchev–Trinajstić information content (AvgIpc) is 2.55. The van der Waals surface area contributed by atoms with Crippen molar-refractivity contribution < 1.29 is 9.53 Å². The number of hydrogen-bond donors (Lipinski definition) is 2. The van der Waals surface area contributed by atoms with E-state index >= 15 is 0 Å². The van der Waals surface area contributed by atoms with Crippen LogP contribution in [0.25, 0.3) is 0 Å². The van der Waals surface area contributed by atoms with E-state index in [0.717, 1.165) is 15.6 Å². The van der Waals surface area contributed by atoms with Crippen molar-refractivity contribution in [3.05, 3.63) is 58.1 Å². The van der Waals surface area contributed by atoms with Crippen molar-refractivity contribution in [3.8, 4) is 5.75 Å². The minimum atomic E-state index is -0.339. The number of aryl methyl sites for hydroxylation is 1. The predicted molar refractivity (Wildman–Crippen MR) is 102 cm³/mol. The number of ether oxygens (including phenoxy) is 1. The van der Waals surface area contributed by atoms with Gasteiger partial charge in [-0.25, -0.2) is 0 Å². The molecule has 2 atom stereocenters. The van der Waals surface area contributed by atoms with Crippen molar-refractivity contribution in [2.24, 2.45) is 0 Å². The van der Waals surface area contributed by atoms with Gasteiger partial charge in [-0.05, 0) is 56.2 Å². The van der Waals surface area contributed by atoms with Gasteiger partial charge in [0.1, 0.15) is 5.75 Å². The molecule has 0 spiro atoms. The van der Waals surface area contributed by atoms with Crippen LogP contribution in [0.2, 0.25) is 0 Å². The molecular formula is C19H23BrN2O2. The van der Waals surface area contributed by atoms with Gasteiger partial charge in [-0.15, -0.1) is 0 Å². The minimum absolute atomic E-state index is 0.0678. The first kappa shape index (κ1) is 18.5. The van der Waals surface area contributed by atoms with Gasteiger partial charge in [0, 0.05) is 10.5 Å². The largest absolute Gasteiger partial charge is 0.495 e. The highest BCUT2D eigenvalue weighted by molar-refractivity contribution is 9.10. The maximum absolute atomic E-state index is 12.5. The lowest BCUT2D eigenvalue weighted by atomic mass is 10.1. The lowest BCUT2D eigenvalue weighted by Gasteiger charge is -2.21. The van der Waals surface area contributed by atoms with Crippen LogP contribution in [0.4, 0.5) is 5.69 Å². The number of carbonyl (C=O) groups is 1. The first-order valence-corrected chi connectivity index (χ1v) is 8.67. The summed E-state index contributed by atoms with van der Waals surface area (Å²) in [4.78, 5) is 12.5. The summed E-state index contributed by atoms with van der Waals surface area (Å²) in [6.07, 6.45) is 0. The Morgan fingerprint density at radius 2 is 1.79 bits per heavy atom. The molecule has 2 aromatic rings. The molecule has 0 radical (unpaired) electrons. The fourth-order valence-corrected chi connectivity index (χ4v) is 2.72. The molecule has 2 N–H and O–H groups in total. The molecule has 0 aliphatic heterocycles. The molecule has 0 saturated carbocycles. The van der Waals surface area contributed by atoms with Crippen molar-refractivity contribution in [2.45, 2.75) is 32.9 Å². The molecule has 0 unspecified atom stereocenters. The Morgan fingerprint density at radius 1 is 1.12 bits per heavy atom. The van der Waals surface area contributed by atoms with Crippen LogP contribution in [0.15, 0.2) is 46.9 Å². The number of nitrogens with one attached hydrogen (secondary N) is 2. The van der Waals surface area contributed by atoms with Crippen LogP contribution in [0.3, 0.4) is 0 Å². The topological polar surface area (TPSA) is 50.4 Å². The monoisotopic (exact) mass is 390 g/mol. The highest BCUT2D eigenvalue weighted by atomic mass is 79.9. The van der Waals surface area contributed by atoms with Crippen molar-refractivity contribution in [1.82, 2.24) is 5.32 Å². The Morgan fingerprint density at radius 3 is 2.42 bits per heavy atom. The molecule has 2 aromatic carbocycles. The second-order valence-electron chi connectivity index (χ2n) is 5.85. The van der Waals surface area contributed by atoms with Gasteiger partial charge in [-0.2, -0.15) is 0 Å². The van der Waals surface area contributed by atoms with Crippen LogP contribution in [0.5, 0.6) is 5.75 Å². The first-order chi connectivity index (χ1) is 11.4. The van der Waals surface area contributed by atoms with E-state index in [2.05, 4.69) is 26.6 Å². The van der Waals surface area contributed by atoms with E-state index in [1.807, 2.05) is 63.2 Å². The molecule has 0 heterocycles. The zero-order valence-corrected chi connectivity index (χ0v) is 16.0. The van der Waals surface area contributed by atoms with Crippen molar-refractivity contribution in [3.63, 3.8) is 0 Å².